The highest BCUT2D eigenvalue weighted by atomic mass is 14.2. The van der Waals surface area contributed by atoms with Crippen LogP contribution in [0.2, 0.25) is 0 Å². The van der Waals surface area contributed by atoms with E-state index in [2.05, 4.69) is 20.8 Å². The molecule has 0 nitrogen and oxygen atoms in total. The minimum absolute atomic E-state index is 0.878. The molecule has 102 valence electrons. The Kier molecular flexibility index (Phi) is 7.97. The molecule has 0 N–H and O–H groups in total. The van der Waals surface area contributed by atoms with Gasteiger partial charge in [-0.1, -0.05) is 85.0 Å². The lowest BCUT2D eigenvalue weighted by molar-refractivity contribution is 0.260. The Hall–Kier alpha value is 0. The molecule has 0 aromatic heterocycles. The smallest absolute Gasteiger partial charge is 0.0388 e. The Morgan fingerprint density at radius 1 is 0.706 bits per heavy atom. The molecule has 0 amide bonds. The van der Waals surface area contributed by atoms with E-state index in [-0.39, 0.29) is 0 Å². The Morgan fingerprint density at radius 3 is 1.53 bits per heavy atom. The van der Waals surface area contributed by atoms with Crippen LogP contribution < -0.4 is 0 Å². The molecular formula is C17H34. The van der Waals surface area contributed by atoms with E-state index in [1.165, 1.54) is 70.6 Å². The second-order valence-electron chi connectivity index (χ2n) is 6.77. The summed E-state index contributed by atoms with van der Waals surface area (Å²) in [5, 5.41) is 0. The number of rotatable bonds is 3. The van der Waals surface area contributed by atoms with Gasteiger partial charge in [-0.2, -0.15) is 0 Å². The lowest BCUT2D eigenvalue weighted by atomic mass is 9.81. The van der Waals surface area contributed by atoms with E-state index in [0.717, 1.165) is 17.8 Å². The zero-order valence-electron chi connectivity index (χ0n) is 12.5. The van der Waals surface area contributed by atoms with Gasteiger partial charge in [-0.25, -0.2) is 0 Å². The molecule has 1 fully saturated rings. The van der Waals surface area contributed by atoms with Gasteiger partial charge in [-0.15, -0.1) is 0 Å². The molecule has 1 saturated carbocycles. The van der Waals surface area contributed by atoms with Gasteiger partial charge in [-0.3, -0.25) is 0 Å². The summed E-state index contributed by atoms with van der Waals surface area (Å²) >= 11 is 0. The van der Waals surface area contributed by atoms with Gasteiger partial charge in [0.1, 0.15) is 0 Å². The van der Waals surface area contributed by atoms with Crippen LogP contribution >= 0.6 is 0 Å². The van der Waals surface area contributed by atoms with E-state index >= 15 is 0 Å². The summed E-state index contributed by atoms with van der Waals surface area (Å²) in [4.78, 5) is 0. The van der Waals surface area contributed by atoms with Crippen LogP contribution in [0, 0.1) is 17.8 Å². The average Bonchev–Trinajstić information content (AvgIpc) is 2.32. The first-order chi connectivity index (χ1) is 8.20. The van der Waals surface area contributed by atoms with Gasteiger partial charge in [0.05, 0.1) is 0 Å². The molecule has 0 heteroatoms. The van der Waals surface area contributed by atoms with Crippen molar-refractivity contribution in [2.45, 2.75) is 91.4 Å². The van der Waals surface area contributed by atoms with Crippen molar-refractivity contribution < 1.29 is 0 Å². The van der Waals surface area contributed by atoms with Gasteiger partial charge in [0.25, 0.3) is 0 Å². The maximum absolute atomic E-state index is 2.50. The first kappa shape index (κ1) is 15.1. The molecule has 0 aromatic rings. The first-order valence-corrected chi connectivity index (χ1v) is 8.20. The van der Waals surface area contributed by atoms with Crippen molar-refractivity contribution in [3.63, 3.8) is 0 Å². The fourth-order valence-corrected chi connectivity index (χ4v) is 3.52. The SMILES string of the molecule is CC(C)CC(C)C1CCCCCCCCCC1. The Morgan fingerprint density at radius 2 is 1.12 bits per heavy atom. The standard InChI is InChI=1S/C17H34/c1-15(2)14-16(3)17-12-10-8-6-4-5-7-9-11-13-17/h15-17H,4-14H2,1-3H3. The van der Waals surface area contributed by atoms with E-state index in [4.69, 9.17) is 0 Å². The van der Waals surface area contributed by atoms with Crippen LogP contribution in [0.1, 0.15) is 91.4 Å². The highest BCUT2D eigenvalue weighted by Gasteiger charge is 2.18. The molecule has 1 aliphatic carbocycles. The molecule has 1 aliphatic rings. The molecule has 0 radical (unpaired) electrons. The highest BCUT2D eigenvalue weighted by Crippen LogP contribution is 2.30. The van der Waals surface area contributed by atoms with Gasteiger partial charge in [-0.05, 0) is 24.2 Å². The number of hydrogen-bond acceptors (Lipinski definition) is 0. The molecule has 17 heavy (non-hydrogen) atoms. The molecule has 0 aromatic carbocycles. The largest absolute Gasteiger partial charge is 0.0628 e. The zero-order chi connectivity index (χ0) is 12.5. The monoisotopic (exact) mass is 238 g/mol. The maximum Gasteiger partial charge on any atom is -0.0388 e. The van der Waals surface area contributed by atoms with Gasteiger partial charge in [0.2, 0.25) is 0 Å². The maximum atomic E-state index is 2.50. The molecule has 1 atom stereocenters. The second-order valence-corrected chi connectivity index (χ2v) is 6.77. The van der Waals surface area contributed by atoms with Crippen LogP contribution in [0.25, 0.3) is 0 Å². The predicted octanol–water partition coefficient (Wildman–Crippen LogP) is 6.20. The van der Waals surface area contributed by atoms with E-state index in [1.54, 1.807) is 0 Å². The summed E-state index contributed by atoms with van der Waals surface area (Å²) < 4.78 is 0. The molecule has 0 aliphatic heterocycles. The third kappa shape index (κ3) is 7.11. The quantitative estimate of drug-likeness (QED) is 0.549. The average molecular weight is 238 g/mol. The van der Waals surface area contributed by atoms with Crippen LogP contribution in [0.5, 0.6) is 0 Å². The summed E-state index contributed by atoms with van der Waals surface area (Å²) in [6, 6.07) is 0. The molecular weight excluding hydrogens is 204 g/mol. The summed E-state index contributed by atoms with van der Waals surface area (Å²) in [5.74, 6) is 2.86. The van der Waals surface area contributed by atoms with Gasteiger partial charge in [0, 0.05) is 0 Å². The van der Waals surface area contributed by atoms with Crippen molar-refractivity contribution in [3.05, 3.63) is 0 Å². The van der Waals surface area contributed by atoms with Crippen LogP contribution in [-0.2, 0) is 0 Å². The van der Waals surface area contributed by atoms with Crippen molar-refractivity contribution >= 4 is 0 Å². The first-order valence-electron chi connectivity index (χ1n) is 8.20. The van der Waals surface area contributed by atoms with Crippen LogP contribution in [0.15, 0.2) is 0 Å². The van der Waals surface area contributed by atoms with Crippen molar-refractivity contribution in [1.82, 2.24) is 0 Å². The van der Waals surface area contributed by atoms with Crippen molar-refractivity contribution in [3.8, 4) is 0 Å². The van der Waals surface area contributed by atoms with Gasteiger partial charge < -0.3 is 0 Å². The molecule has 0 saturated heterocycles. The van der Waals surface area contributed by atoms with E-state index in [0.29, 0.717) is 0 Å². The van der Waals surface area contributed by atoms with E-state index < -0.39 is 0 Å². The summed E-state index contributed by atoms with van der Waals surface area (Å²) in [6.45, 7) is 7.26. The normalized spacial score (nSPS) is 23.3. The van der Waals surface area contributed by atoms with Crippen LogP contribution in [0.3, 0.4) is 0 Å². The Labute approximate surface area is 110 Å². The van der Waals surface area contributed by atoms with E-state index in [1.807, 2.05) is 0 Å². The topological polar surface area (TPSA) is 0 Å². The van der Waals surface area contributed by atoms with Gasteiger partial charge >= 0.3 is 0 Å². The summed E-state index contributed by atoms with van der Waals surface area (Å²) in [7, 11) is 0. The lowest BCUT2D eigenvalue weighted by Gasteiger charge is -2.25. The lowest BCUT2D eigenvalue weighted by Crippen LogP contribution is -2.14. The zero-order valence-corrected chi connectivity index (χ0v) is 12.5. The number of hydrogen-bond donors (Lipinski definition) is 0. The van der Waals surface area contributed by atoms with Crippen molar-refractivity contribution in [2.75, 3.05) is 0 Å². The fraction of sp³-hybridized carbons (Fsp3) is 1.00. The third-order valence-electron chi connectivity index (χ3n) is 4.55. The Bertz CT molecular complexity index is 159. The van der Waals surface area contributed by atoms with Crippen molar-refractivity contribution in [2.24, 2.45) is 17.8 Å². The second kappa shape index (κ2) is 9.00. The third-order valence-corrected chi connectivity index (χ3v) is 4.55. The molecule has 1 unspecified atom stereocenters. The van der Waals surface area contributed by atoms with Crippen LogP contribution in [0.4, 0.5) is 0 Å². The Balaban J connectivity index is 2.36. The fourth-order valence-electron chi connectivity index (χ4n) is 3.52. The summed E-state index contributed by atoms with van der Waals surface area (Å²) in [6.07, 6.45) is 16.4. The summed E-state index contributed by atoms with van der Waals surface area (Å²) in [5.41, 5.74) is 0. The predicted molar refractivity (Wildman–Crippen MR) is 78.3 cm³/mol. The molecule has 0 spiro atoms. The minimum Gasteiger partial charge on any atom is -0.0628 e. The molecule has 0 heterocycles. The molecule has 1 rings (SSSR count). The molecule has 0 bridgehead atoms. The highest BCUT2D eigenvalue weighted by molar-refractivity contribution is 4.69. The van der Waals surface area contributed by atoms with Gasteiger partial charge in [0.15, 0.2) is 0 Å². The van der Waals surface area contributed by atoms with Crippen molar-refractivity contribution in [1.29, 1.82) is 0 Å². The minimum atomic E-state index is 0.878. The van der Waals surface area contributed by atoms with Crippen LogP contribution in [-0.4, -0.2) is 0 Å². The van der Waals surface area contributed by atoms with E-state index in [9.17, 15) is 0 Å².